The van der Waals surface area contributed by atoms with Gasteiger partial charge in [0.25, 0.3) is 0 Å². The lowest BCUT2D eigenvalue weighted by Crippen LogP contribution is -2.33. The van der Waals surface area contributed by atoms with Crippen LogP contribution in [-0.2, 0) is 16.0 Å². The average molecular weight is 298 g/mol. The zero-order valence-electron chi connectivity index (χ0n) is 12.5. The molecule has 0 unspecified atom stereocenters. The normalized spacial score (nSPS) is 15.8. The number of rotatable bonds is 4. The minimum atomic E-state index is -0.366. The maximum Gasteiger partial charge on any atom is 0.245 e. The van der Waals surface area contributed by atoms with Gasteiger partial charge in [-0.2, -0.15) is 5.10 Å². The van der Waals surface area contributed by atoms with Crippen LogP contribution in [0.4, 0.5) is 5.69 Å². The van der Waals surface area contributed by atoms with Crippen LogP contribution in [0.25, 0.3) is 0 Å². The fourth-order valence-electron chi connectivity index (χ4n) is 2.57. The number of fused-ring (bicyclic) bond motifs is 1. The molecule has 0 bridgehead atoms. The second-order valence-electron chi connectivity index (χ2n) is 5.53. The maximum atomic E-state index is 12.3. The monoisotopic (exact) mass is 298 g/mol. The first-order chi connectivity index (χ1) is 10.5. The zero-order chi connectivity index (χ0) is 15.7. The van der Waals surface area contributed by atoms with Gasteiger partial charge in [0.15, 0.2) is 0 Å². The number of hydrogen-bond donors (Lipinski definition) is 2. The summed E-state index contributed by atoms with van der Waals surface area (Å²) >= 11 is 0. The van der Waals surface area contributed by atoms with E-state index in [0.717, 1.165) is 16.8 Å². The molecule has 0 aliphatic carbocycles. The van der Waals surface area contributed by atoms with Crippen LogP contribution in [0.3, 0.4) is 0 Å². The van der Waals surface area contributed by atoms with E-state index in [1.165, 1.54) is 0 Å². The number of nitrogens with one attached hydrogen (secondary N) is 2. The van der Waals surface area contributed by atoms with Crippen molar-refractivity contribution in [3.63, 3.8) is 0 Å². The Morgan fingerprint density at radius 1 is 1.41 bits per heavy atom. The van der Waals surface area contributed by atoms with Crippen molar-refractivity contribution in [2.24, 2.45) is 0 Å². The topological polar surface area (TPSA) is 76.0 Å². The molecule has 22 heavy (non-hydrogen) atoms. The predicted octanol–water partition coefficient (Wildman–Crippen LogP) is 1.82. The Balaban J connectivity index is 1.70. The van der Waals surface area contributed by atoms with Gasteiger partial charge < -0.3 is 10.6 Å². The van der Waals surface area contributed by atoms with E-state index in [-0.39, 0.29) is 23.9 Å². The molecule has 2 atom stereocenters. The highest BCUT2D eigenvalue weighted by atomic mass is 16.2. The predicted molar refractivity (Wildman–Crippen MR) is 82.3 cm³/mol. The highest BCUT2D eigenvalue weighted by Gasteiger charge is 2.21. The fraction of sp³-hybridized carbons (Fsp3) is 0.312. The molecule has 0 fully saturated rings. The van der Waals surface area contributed by atoms with E-state index in [1.54, 1.807) is 30.1 Å². The van der Waals surface area contributed by atoms with Crippen molar-refractivity contribution in [1.82, 2.24) is 15.1 Å². The van der Waals surface area contributed by atoms with E-state index in [4.69, 9.17) is 0 Å². The minimum absolute atomic E-state index is 0.0103. The molecule has 0 spiro atoms. The maximum absolute atomic E-state index is 12.3. The molecule has 0 saturated carbocycles. The summed E-state index contributed by atoms with van der Waals surface area (Å²) in [5, 5.41) is 9.87. The standard InChI is InChI=1S/C16H18N4O2/c1-10(18-16(22)11(2)20-7-3-6-17-20)12-4-5-14-13(8-12)9-15(21)19-14/h3-8,10-11H,9H2,1-2H3,(H,18,22)(H,19,21)/t10-,11+/m1/s1. The van der Waals surface area contributed by atoms with E-state index < -0.39 is 0 Å². The number of carbonyl (C=O) groups is 2. The molecule has 2 amide bonds. The van der Waals surface area contributed by atoms with Crippen molar-refractivity contribution in [2.45, 2.75) is 32.4 Å². The van der Waals surface area contributed by atoms with Crippen LogP contribution < -0.4 is 10.6 Å². The fourth-order valence-corrected chi connectivity index (χ4v) is 2.57. The Hall–Kier alpha value is -2.63. The summed E-state index contributed by atoms with van der Waals surface area (Å²) in [6.45, 7) is 3.74. The van der Waals surface area contributed by atoms with Crippen LogP contribution in [0, 0.1) is 0 Å². The first-order valence-corrected chi connectivity index (χ1v) is 7.27. The van der Waals surface area contributed by atoms with Crippen molar-refractivity contribution in [3.8, 4) is 0 Å². The number of hydrogen-bond acceptors (Lipinski definition) is 3. The van der Waals surface area contributed by atoms with Gasteiger partial charge in [0.2, 0.25) is 11.8 Å². The number of anilines is 1. The van der Waals surface area contributed by atoms with Gasteiger partial charge in [-0.05, 0) is 37.1 Å². The molecule has 6 heteroatoms. The molecule has 0 saturated heterocycles. The van der Waals surface area contributed by atoms with E-state index in [0.29, 0.717) is 6.42 Å². The SMILES string of the molecule is C[C@@H](NC(=O)[C@H](C)n1cccn1)c1ccc2c(c1)CC(=O)N2. The molecule has 0 radical (unpaired) electrons. The lowest BCUT2D eigenvalue weighted by Gasteiger charge is -2.18. The zero-order valence-corrected chi connectivity index (χ0v) is 12.5. The summed E-state index contributed by atoms with van der Waals surface area (Å²) in [7, 11) is 0. The number of nitrogens with zero attached hydrogens (tertiary/aromatic N) is 2. The summed E-state index contributed by atoms with van der Waals surface area (Å²) < 4.78 is 1.62. The Morgan fingerprint density at radius 3 is 2.95 bits per heavy atom. The number of benzene rings is 1. The van der Waals surface area contributed by atoms with Crippen LogP contribution in [0.1, 0.15) is 37.1 Å². The van der Waals surface area contributed by atoms with E-state index in [2.05, 4.69) is 15.7 Å². The van der Waals surface area contributed by atoms with Crippen LogP contribution in [0.5, 0.6) is 0 Å². The molecule has 1 aromatic heterocycles. The third-order valence-corrected chi connectivity index (χ3v) is 3.91. The molecule has 3 rings (SSSR count). The third kappa shape index (κ3) is 2.72. The van der Waals surface area contributed by atoms with Crippen molar-refractivity contribution >= 4 is 17.5 Å². The lowest BCUT2D eigenvalue weighted by molar-refractivity contribution is -0.124. The molecule has 2 heterocycles. The Kier molecular flexibility index (Phi) is 3.66. The van der Waals surface area contributed by atoms with Crippen molar-refractivity contribution in [1.29, 1.82) is 0 Å². The van der Waals surface area contributed by atoms with Gasteiger partial charge in [-0.15, -0.1) is 0 Å². The molecule has 1 aromatic carbocycles. The van der Waals surface area contributed by atoms with Gasteiger partial charge in [-0.1, -0.05) is 12.1 Å². The molecule has 1 aliphatic heterocycles. The summed E-state index contributed by atoms with van der Waals surface area (Å²) in [6.07, 6.45) is 3.81. The number of carbonyl (C=O) groups excluding carboxylic acids is 2. The number of amides is 2. The van der Waals surface area contributed by atoms with E-state index in [9.17, 15) is 9.59 Å². The van der Waals surface area contributed by atoms with Gasteiger partial charge in [-0.3, -0.25) is 14.3 Å². The van der Waals surface area contributed by atoms with Gasteiger partial charge in [0, 0.05) is 18.1 Å². The highest BCUT2D eigenvalue weighted by molar-refractivity contribution is 5.99. The Morgan fingerprint density at radius 2 is 2.23 bits per heavy atom. The summed E-state index contributed by atoms with van der Waals surface area (Å²) in [5.41, 5.74) is 2.82. The van der Waals surface area contributed by atoms with Gasteiger partial charge in [0.05, 0.1) is 12.5 Å². The summed E-state index contributed by atoms with van der Waals surface area (Å²) in [5.74, 6) is -0.0814. The molecule has 2 aromatic rings. The van der Waals surface area contributed by atoms with Gasteiger partial charge >= 0.3 is 0 Å². The summed E-state index contributed by atoms with van der Waals surface area (Å²) in [4.78, 5) is 23.7. The lowest BCUT2D eigenvalue weighted by atomic mass is 10.0. The van der Waals surface area contributed by atoms with Crippen molar-refractivity contribution in [3.05, 3.63) is 47.8 Å². The number of aromatic nitrogens is 2. The Labute approximate surface area is 128 Å². The molecule has 1 aliphatic rings. The Bertz CT molecular complexity index is 709. The van der Waals surface area contributed by atoms with Crippen LogP contribution in [0.2, 0.25) is 0 Å². The molecule has 6 nitrogen and oxygen atoms in total. The van der Waals surface area contributed by atoms with E-state index >= 15 is 0 Å². The van der Waals surface area contributed by atoms with Gasteiger partial charge in [-0.25, -0.2) is 0 Å². The second kappa shape index (κ2) is 5.63. The first-order valence-electron chi connectivity index (χ1n) is 7.27. The molecule has 2 N–H and O–H groups in total. The van der Waals surface area contributed by atoms with E-state index in [1.807, 2.05) is 25.1 Å². The largest absolute Gasteiger partial charge is 0.348 e. The first kappa shape index (κ1) is 14.3. The van der Waals surface area contributed by atoms with Crippen molar-refractivity contribution in [2.75, 3.05) is 5.32 Å². The van der Waals surface area contributed by atoms with Crippen LogP contribution >= 0.6 is 0 Å². The van der Waals surface area contributed by atoms with Crippen LogP contribution in [-0.4, -0.2) is 21.6 Å². The van der Waals surface area contributed by atoms with Gasteiger partial charge in [0.1, 0.15) is 6.04 Å². The van der Waals surface area contributed by atoms with Crippen LogP contribution in [0.15, 0.2) is 36.7 Å². The minimum Gasteiger partial charge on any atom is -0.348 e. The average Bonchev–Trinajstić information content (AvgIpc) is 3.13. The molecular weight excluding hydrogens is 280 g/mol. The smallest absolute Gasteiger partial charge is 0.245 e. The van der Waals surface area contributed by atoms with Crippen molar-refractivity contribution < 1.29 is 9.59 Å². The summed E-state index contributed by atoms with van der Waals surface area (Å²) in [6, 6.07) is 7.07. The highest BCUT2D eigenvalue weighted by Crippen LogP contribution is 2.26. The third-order valence-electron chi connectivity index (χ3n) is 3.91. The molecular formula is C16H18N4O2. The second-order valence-corrected chi connectivity index (χ2v) is 5.53. The quantitative estimate of drug-likeness (QED) is 0.904. The molecule has 114 valence electrons.